The van der Waals surface area contributed by atoms with Gasteiger partial charge in [-0.25, -0.2) is 4.79 Å². The molecule has 1 heterocycles. The zero-order valence-corrected chi connectivity index (χ0v) is 16.1. The number of aromatic carboxylic acids is 1. The Morgan fingerprint density at radius 1 is 1.10 bits per heavy atom. The number of hydrogen-bond donors (Lipinski definition) is 2. The van der Waals surface area contributed by atoms with E-state index in [-0.39, 0.29) is 29.9 Å². The molecule has 2 N–H and O–H groups in total. The molecule has 0 aliphatic carbocycles. The minimum atomic E-state index is -1.05. The molecule has 0 saturated carbocycles. The summed E-state index contributed by atoms with van der Waals surface area (Å²) in [5.74, 6) is -2.09. The quantitative estimate of drug-likeness (QED) is 0.746. The number of carboxylic acid groups (broad SMARTS) is 1. The van der Waals surface area contributed by atoms with Crippen LogP contribution in [0.3, 0.4) is 0 Å². The normalized spacial score (nSPS) is 16.3. The average Bonchev–Trinajstić information content (AvgIpc) is 2.98. The van der Waals surface area contributed by atoms with Gasteiger partial charge in [-0.3, -0.25) is 9.59 Å². The number of benzene rings is 2. The summed E-state index contributed by atoms with van der Waals surface area (Å²) in [5.41, 5.74) is 1.43. The van der Waals surface area contributed by atoms with Crippen LogP contribution in [0.2, 0.25) is 0 Å². The summed E-state index contributed by atoms with van der Waals surface area (Å²) in [6.45, 7) is 1.76. The number of para-hydroxylation sites is 1. The van der Waals surface area contributed by atoms with Crippen LogP contribution in [0.1, 0.15) is 40.9 Å². The number of methoxy groups -OCH3 is 1. The second-order valence-electron chi connectivity index (χ2n) is 6.62. The van der Waals surface area contributed by atoms with E-state index in [1.165, 1.54) is 24.1 Å². The highest BCUT2D eigenvalue weighted by Gasteiger charge is 2.43. The van der Waals surface area contributed by atoms with Crippen molar-refractivity contribution < 1.29 is 29.3 Å². The molecule has 2 aromatic rings. The van der Waals surface area contributed by atoms with E-state index >= 15 is 0 Å². The van der Waals surface area contributed by atoms with E-state index < -0.39 is 23.7 Å². The first-order valence-electron chi connectivity index (χ1n) is 9.11. The molecule has 0 fully saturated rings. The van der Waals surface area contributed by atoms with Gasteiger partial charge in [0.1, 0.15) is 5.75 Å². The summed E-state index contributed by atoms with van der Waals surface area (Å²) in [6.07, 6.45) is 0.138. The summed E-state index contributed by atoms with van der Waals surface area (Å²) >= 11 is 0. The monoisotopic (exact) mass is 395 g/mol. The Kier molecular flexibility index (Phi) is 5.68. The summed E-state index contributed by atoms with van der Waals surface area (Å²) in [4.78, 5) is 37.8. The molecule has 0 radical (unpaired) electrons. The lowest BCUT2D eigenvalue weighted by Crippen LogP contribution is -2.31. The van der Waals surface area contributed by atoms with Gasteiger partial charge in [-0.05, 0) is 23.8 Å². The molecule has 0 spiro atoms. The predicted molar refractivity (Wildman–Crippen MR) is 105 cm³/mol. The number of hydrogen-bond acceptors (Lipinski definition) is 5. The molecule has 7 heteroatoms. The van der Waals surface area contributed by atoms with E-state index in [0.29, 0.717) is 16.9 Å². The van der Waals surface area contributed by atoms with Gasteiger partial charge in [-0.15, -0.1) is 0 Å². The van der Waals surface area contributed by atoms with Crippen molar-refractivity contribution in [2.75, 3.05) is 7.11 Å². The van der Waals surface area contributed by atoms with E-state index in [2.05, 4.69) is 0 Å². The van der Waals surface area contributed by atoms with Gasteiger partial charge >= 0.3 is 5.97 Å². The zero-order valence-electron chi connectivity index (χ0n) is 16.1. The van der Waals surface area contributed by atoms with Gasteiger partial charge in [0.05, 0.1) is 24.3 Å². The molecule has 1 amide bonds. The molecule has 0 bridgehead atoms. The van der Waals surface area contributed by atoms with Crippen molar-refractivity contribution in [3.8, 4) is 5.75 Å². The fourth-order valence-corrected chi connectivity index (χ4v) is 3.46. The second kappa shape index (κ2) is 8.18. The lowest BCUT2D eigenvalue weighted by Gasteiger charge is -2.28. The molecule has 1 atom stereocenters. The molecule has 0 aromatic heterocycles. The topological polar surface area (TPSA) is 104 Å². The zero-order chi connectivity index (χ0) is 21.1. The number of aliphatic hydroxyl groups excluding tert-OH is 1. The van der Waals surface area contributed by atoms with Gasteiger partial charge in [0.2, 0.25) is 0 Å². The Bertz CT molecular complexity index is 993. The number of ether oxygens (including phenoxy) is 1. The average molecular weight is 395 g/mol. The number of aliphatic hydroxyl groups is 1. The number of amides is 1. The van der Waals surface area contributed by atoms with Crippen molar-refractivity contribution in [2.24, 2.45) is 0 Å². The van der Waals surface area contributed by atoms with E-state index in [1.54, 1.807) is 43.3 Å². The molecule has 3 rings (SSSR count). The third kappa shape index (κ3) is 3.71. The smallest absolute Gasteiger partial charge is 0.335 e. The maximum absolute atomic E-state index is 12.8. The first kappa shape index (κ1) is 20.1. The van der Waals surface area contributed by atoms with Gasteiger partial charge in [0.25, 0.3) is 5.91 Å². The molecule has 29 heavy (non-hydrogen) atoms. The lowest BCUT2D eigenvalue weighted by molar-refractivity contribution is -0.130. The Hall–Kier alpha value is -3.61. The first-order valence-corrected chi connectivity index (χ1v) is 9.11. The second-order valence-corrected chi connectivity index (χ2v) is 6.62. The summed E-state index contributed by atoms with van der Waals surface area (Å²) < 4.78 is 5.41. The standard InChI is InChI=1S/C22H21NO6/c1-3-16(24)18-19(15-6-4-5-7-17(15)29-2)23(21(26)20(18)25)12-13-8-10-14(11-9-13)22(27)28/h4-11,19,25H,3,12H2,1-2H3,(H,27,28). The lowest BCUT2D eigenvalue weighted by atomic mass is 9.94. The summed E-state index contributed by atoms with van der Waals surface area (Å²) in [7, 11) is 1.50. The van der Waals surface area contributed by atoms with Crippen LogP contribution in [0, 0.1) is 0 Å². The molecule has 1 aliphatic heterocycles. The number of Topliss-reactive ketones (excluding diaryl/α,β-unsaturated/α-hetero) is 1. The highest BCUT2D eigenvalue weighted by Crippen LogP contribution is 2.42. The van der Waals surface area contributed by atoms with Gasteiger partial charge in [0.15, 0.2) is 11.5 Å². The number of nitrogens with zero attached hydrogens (tertiary/aromatic N) is 1. The van der Waals surface area contributed by atoms with Crippen LogP contribution in [-0.2, 0) is 16.1 Å². The third-order valence-corrected chi connectivity index (χ3v) is 4.91. The largest absolute Gasteiger partial charge is 0.503 e. The number of rotatable bonds is 7. The summed E-state index contributed by atoms with van der Waals surface area (Å²) in [6, 6.07) is 12.3. The maximum Gasteiger partial charge on any atom is 0.335 e. The predicted octanol–water partition coefficient (Wildman–Crippen LogP) is 3.27. The van der Waals surface area contributed by atoms with Crippen molar-refractivity contribution in [1.29, 1.82) is 0 Å². The number of carbonyl (C=O) groups is 3. The molecule has 150 valence electrons. The Morgan fingerprint density at radius 3 is 2.34 bits per heavy atom. The molecule has 7 nitrogen and oxygen atoms in total. The third-order valence-electron chi connectivity index (χ3n) is 4.91. The van der Waals surface area contributed by atoms with Crippen molar-refractivity contribution in [1.82, 2.24) is 4.90 Å². The van der Waals surface area contributed by atoms with Crippen molar-refractivity contribution in [3.63, 3.8) is 0 Å². The van der Waals surface area contributed by atoms with E-state index in [0.717, 1.165) is 0 Å². The van der Waals surface area contributed by atoms with Gasteiger partial charge in [0, 0.05) is 18.5 Å². The van der Waals surface area contributed by atoms with E-state index in [9.17, 15) is 19.5 Å². The molecule has 1 aliphatic rings. The highest BCUT2D eigenvalue weighted by molar-refractivity contribution is 6.09. The van der Waals surface area contributed by atoms with Crippen LogP contribution >= 0.6 is 0 Å². The van der Waals surface area contributed by atoms with Crippen LogP contribution in [0.5, 0.6) is 5.75 Å². The van der Waals surface area contributed by atoms with E-state index in [4.69, 9.17) is 9.84 Å². The highest BCUT2D eigenvalue weighted by atomic mass is 16.5. The molecular formula is C22H21NO6. The van der Waals surface area contributed by atoms with Crippen molar-refractivity contribution in [2.45, 2.75) is 25.9 Å². The minimum absolute atomic E-state index is 0.0455. The summed E-state index contributed by atoms with van der Waals surface area (Å²) in [5, 5.41) is 19.5. The van der Waals surface area contributed by atoms with Crippen LogP contribution in [0.4, 0.5) is 0 Å². The van der Waals surface area contributed by atoms with Crippen molar-refractivity contribution in [3.05, 3.63) is 76.6 Å². The number of carbonyl (C=O) groups excluding carboxylic acids is 2. The molecule has 0 saturated heterocycles. The van der Waals surface area contributed by atoms with E-state index in [1.807, 2.05) is 0 Å². The van der Waals surface area contributed by atoms with Gasteiger partial charge in [-0.1, -0.05) is 37.3 Å². The Labute approximate surface area is 167 Å². The van der Waals surface area contributed by atoms with Crippen molar-refractivity contribution >= 4 is 17.7 Å². The fourth-order valence-electron chi connectivity index (χ4n) is 3.46. The first-order chi connectivity index (χ1) is 13.9. The SMILES string of the molecule is CCC(=O)C1=C(O)C(=O)N(Cc2ccc(C(=O)O)cc2)C1c1ccccc1OC. The number of carboxylic acids is 1. The van der Waals surface area contributed by atoms with Crippen LogP contribution < -0.4 is 4.74 Å². The Balaban J connectivity index is 2.05. The van der Waals surface area contributed by atoms with Crippen LogP contribution in [0.15, 0.2) is 59.9 Å². The van der Waals surface area contributed by atoms with Gasteiger partial charge < -0.3 is 19.8 Å². The number of ketones is 1. The fraction of sp³-hybridized carbons (Fsp3) is 0.227. The molecule has 2 aromatic carbocycles. The minimum Gasteiger partial charge on any atom is -0.503 e. The van der Waals surface area contributed by atoms with Crippen LogP contribution in [0.25, 0.3) is 0 Å². The maximum atomic E-state index is 12.8. The van der Waals surface area contributed by atoms with Gasteiger partial charge in [-0.2, -0.15) is 0 Å². The Morgan fingerprint density at radius 2 is 1.76 bits per heavy atom. The molecular weight excluding hydrogens is 374 g/mol. The van der Waals surface area contributed by atoms with Crippen LogP contribution in [-0.4, -0.2) is 39.9 Å². The molecule has 1 unspecified atom stereocenters.